The average Bonchev–Trinajstić information content (AvgIpc) is 2.90. The van der Waals surface area contributed by atoms with Crippen LogP contribution in [0.3, 0.4) is 0 Å². The van der Waals surface area contributed by atoms with Crippen molar-refractivity contribution in [3.63, 3.8) is 0 Å². The number of carbonyl (C=O) groups is 1. The Morgan fingerprint density at radius 2 is 2.04 bits per heavy atom. The second kappa shape index (κ2) is 6.34. The molecule has 6 heteroatoms. The van der Waals surface area contributed by atoms with Gasteiger partial charge in [0.15, 0.2) is 11.5 Å². The van der Waals surface area contributed by atoms with Gasteiger partial charge in [-0.3, -0.25) is 4.79 Å². The molecule has 3 aromatic rings. The third kappa shape index (κ3) is 3.41. The zero-order chi connectivity index (χ0) is 16.6. The lowest BCUT2D eigenvalue weighted by molar-refractivity contribution is 0.102. The molecule has 0 aliphatic carbocycles. The van der Waals surface area contributed by atoms with Crippen LogP contribution in [0.2, 0.25) is 5.02 Å². The van der Waals surface area contributed by atoms with Crippen LogP contribution >= 0.6 is 27.5 Å². The van der Waals surface area contributed by atoms with Crippen molar-refractivity contribution in [2.24, 2.45) is 0 Å². The van der Waals surface area contributed by atoms with E-state index in [-0.39, 0.29) is 11.8 Å². The minimum Gasteiger partial charge on any atom is -0.440 e. The summed E-state index contributed by atoms with van der Waals surface area (Å²) in [6, 6.07) is 10.5. The average molecular weight is 394 g/mol. The molecule has 0 spiro atoms. The van der Waals surface area contributed by atoms with Gasteiger partial charge in [0.25, 0.3) is 5.91 Å². The molecular weight excluding hydrogens is 380 g/mol. The Morgan fingerprint density at radius 3 is 2.74 bits per heavy atom. The van der Waals surface area contributed by atoms with E-state index in [0.717, 1.165) is 4.47 Å². The minimum absolute atomic E-state index is 0.210. The van der Waals surface area contributed by atoms with E-state index in [1.54, 1.807) is 36.4 Å². The molecule has 118 valence electrons. The zero-order valence-electron chi connectivity index (χ0n) is 12.6. The first kappa shape index (κ1) is 16.0. The number of nitrogens with one attached hydrogen (secondary N) is 1. The lowest BCUT2D eigenvalue weighted by atomic mass is 10.2. The van der Waals surface area contributed by atoms with Gasteiger partial charge in [0.1, 0.15) is 5.52 Å². The molecule has 0 bridgehead atoms. The number of aromatic nitrogens is 1. The molecule has 1 amide bonds. The lowest BCUT2D eigenvalue weighted by Crippen LogP contribution is -2.12. The third-order valence-corrected chi connectivity index (χ3v) is 4.14. The number of fused-ring (bicyclic) bond motifs is 1. The molecule has 4 nitrogen and oxygen atoms in total. The molecule has 1 heterocycles. The Bertz CT molecular complexity index is 889. The highest BCUT2D eigenvalue weighted by Gasteiger charge is 2.13. The van der Waals surface area contributed by atoms with E-state index in [0.29, 0.717) is 33.3 Å². The van der Waals surface area contributed by atoms with Gasteiger partial charge in [-0.05, 0) is 36.4 Å². The number of carbonyl (C=O) groups excluding carboxylic acids is 1. The summed E-state index contributed by atoms with van der Waals surface area (Å²) >= 11 is 9.42. The molecule has 0 atom stereocenters. The third-order valence-electron chi connectivity index (χ3n) is 3.33. The van der Waals surface area contributed by atoms with Gasteiger partial charge in [0.2, 0.25) is 0 Å². The molecule has 23 heavy (non-hydrogen) atoms. The van der Waals surface area contributed by atoms with Crippen molar-refractivity contribution in [2.75, 3.05) is 5.32 Å². The molecule has 0 saturated carbocycles. The fourth-order valence-corrected chi connectivity index (χ4v) is 2.90. The van der Waals surface area contributed by atoms with Gasteiger partial charge in [-0.2, -0.15) is 0 Å². The number of amides is 1. The zero-order valence-corrected chi connectivity index (χ0v) is 14.9. The molecule has 0 fully saturated rings. The second-order valence-corrected chi connectivity index (χ2v) is 6.79. The molecule has 0 radical (unpaired) electrons. The highest BCUT2D eigenvalue weighted by molar-refractivity contribution is 9.10. The Morgan fingerprint density at radius 1 is 1.26 bits per heavy atom. The Kier molecular flexibility index (Phi) is 4.41. The summed E-state index contributed by atoms with van der Waals surface area (Å²) in [5, 5.41) is 3.22. The number of halogens is 2. The maximum absolute atomic E-state index is 12.3. The van der Waals surface area contributed by atoms with Gasteiger partial charge in [0.05, 0.1) is 10.6 Å². The van der Waals surface area contributed by atoms with Crippen molar-refractivity contribution in [1.29, 1.82) is 0 Å². The van der Waals surface area contributed by atoms with E-state index in [4.69, 9.17) is 16.0 Å². The first-order valence-corrected chi connectivity index (χ1v) is 8.28. The van der Waals surface area contributed by atoms with E-state index in [9.17, 15) is 4.79 Å². The summed E-state index contributed by atoms with van der Waals surface area (Å²) in [6.45, 7) is 4.03. The fraction of sp³-hybridized carbons (Fsp3) is 0.176. The van der Waals surface area contributed by atoms with E-state index in [1.165, 1.54) is 0 Å². The maximum Gasteiger partial charge on any atom is 0.257 e. The van der Waals surface area contributed by atoms with Gasteiger partial charge in [-0.15, -0.1) is 0 Å². The summed E-state index contributed by atoms with van der Waals surface area (Å²) in [5.74, 6) is 0.621. The maximum atomic E-state index is 12.3. The van der Waals surface area contributed by atoms with Crippen molar-refractivity contribution >= 4 is 50.2 Å². The Labute approximate surface area is 147 Å². The summed E-state index contributed by atoms with van der Waals surface area (Å²) in [5.41, 5.74) is 2.48. The normalized spacial score (nSPS) is 11.2. The summed E-state index contributed by atoms with van der Waals surface area (Å²) in [4.78, 5) is 16.8. The van der Waals surface area contributed by atoms with Crippen molar-refractivity contribution in [1.82, 2.24) is 4.98 Å². The van der Waals surface area contributed by atoms with E-state index in [1.807, 2.05) is 13.8 Å². The highest BCUT2D eigenvalue weighted by atomic mass is 79.9. The van der Waals surface area contributed by atoms with Crippen LogP contribution in [0.5, 0.6) is 0 Å². The topological polar surface area (TPSA) is 55.1 Å². The Hall–Kier alpha value is -1.85. The number of rotatable bonds is 3. The molecule has 2 aromatic carbocycles. The SMILES string of the molecule is CC(C)c1nc2cc(NC(=O)c3ccc(Br)cc3Cl)ccc2o1. The smallest absolute Gasteiger partial charge is 0.257 e. The molecule has 0 saturated heterocycles. The van der Waals surface area contributed by atoms with Crippen LogP contribution in [-0.4, -0.2) is 10.9 Å². The van der Waals surface area contributed by atoms with Gasteiger partial charge < -0.3 is 9.73 Å². The number of anilines is 1. The second-order valence-electron chi connectivity index (χ2n) is 5.47. The Balaban J connectivity index is 1.87. The number of benzene rings is 2. The predicted octanol–water partition coefficient (Wildman–Crippen LogP) is 5.62. The largest absolute Gasteiger partial charge is 0.440 e. The van der Waals surface area contributed by atoms with Gasteiger partial charge in [-0.25, -0.2) is 4.98 Å². The van der Waals surface area contributed by atoms with E-state index in [2.05, 4.69) is 26.2 Å². The number of hydrogen-bond donors (Lipinski definition) is 1. The quantitative estimate of drug-likeness (QED) is 0.628. The first-order valence-electron chi connectivity index (χ1n) is 7.11. The van der Waals surface area contributed by atoms with Crippen LogP contribution in [0.1, 0.15) is 36.0 Å². The van der Waals surface area contributed by atoms with Crippen molar-refractivity contribution in [3.8, 4) is 0 Å². The number of hydrogen-bond acceptors (Lipinski definition) is 3. The van der Waals surface area contributed by atoms with Crippen molar-refractivity contribution in [2.45, 2.75) is 19.8 Å². The molecule has 3 rings (SSSR count). The van der Waals surface area contributed by atoms with Crippen molar-refractivity contribution in [3.05, 3.63) is 57.3 Å². The van der Waals surface area contributed by atoms with Gasteiger partial charge in [-0.1, -0.05) is 41.4 Å². The molecule has 1 N–H and O–H groups in total. The fourth-order valence-electron chi connectivity index (χ4n) is 2.14. The van der Waals surface area contributed by atoms with Crippen molar-refractivity contribution < 1.29 is 9.21 Å². The van der Waals surface area contributed by atoms with Crippen LogP contribution in [0, 0.1) is 0 Å². The highest BCUT2D eigenvalue weighted by Crippen LogP contribution is 2.25. The molecule has 1 aromatic heterocycles. The molecule has 0 unspecified atom stereocenters. The first-order chi connectivity index (χ1) is 10.9. The molecule has 0 aliphatic heterocycles. The van der Waals surface area contributed by atoms with Crippen LogP contribution in [0.15, 0.2) is 45.3 Å². The van der Waals surface area contributed by atoms with Gasteiger partial charge >= 0.3 is 0 Å². The summed E-state index contributed by atoms with van der Waals surface area (Å²) < 4.78 is 6.48. The summed E-state index contributed by atoms with van der Waals surface area (Å²) in [6.07, 6.45) is 0. The summed E-state index contributed by atoms with van der Waals surface area (Å²) in [7, 11) is 0. The van der Waals surface area contributed by atoms with Crippen LogP contribution in [-0.2, 0) is 0 Å². The van der Waals surface area contributed by atoms with Crippen LogP contribution in [0.4, 0.5) is 5.69 Å². The van der Waals surface area contributed by atoms with Crippen LogP contribution < -0.4 is 5.32 Å². The van der Waals surface area contributed by atoms with Gasteiger partial charge in [0, 0.05) is 16.1 Å². The molecule has 0 aliphatic rings. The number of oxazole rings is 1. The van der Waals surface area contributed by atoms with Crippen LogP contribution in [0.25, 0.3) is 11.1 Å². The number of nitrogens with zero attached hydrogens (tertiary/aromatic N) is 1. The predicted molar refractivity (Wildman–Crippen MR) is 95.2 cm³/mol. The molecular formula is C17H14BrClN2O2. The minimum atomic E-state index is -0.269. The lowest BCUT2D eigenvalue weighted by Gasteiger charge is -2.07. The monoisotopic (exact) mass is 392 g/mol. The van der Waals surface area contributed by atoms with E-state index < -0.39 is 0 Å². The standard InChI is InChI=1S/C17H14BrClN2O2/c1-9(2)17-21-14-8-11(4-6-15(14)23-17)20-16(22)12-5-3-10(18)7-13(12)19/h3-9H,1-2H3,(H,20,22). The van der Waals surface area contributed by atoms with E-state index >= 15 is 0 Å².